The molecule has 2 fully saturated rings. The second kappa shape index (κ2) is 10.1. The summed E-state index contributed by atoms with van der Waals surface area (Å²) >= 11 is 0. The molecular formula is C23H35N3O2. The van der Waals surface area contributed by atoms with Crippen LogP contribution in [0.15, 0.2) is 24.3 Å². The van der Waals surface area contributed by atoms with Gasteiger partial charge in [0.2, 0.25) is 11.8 Å². The van der Waals surface area contributed by atoms with E-state index in [4.69, 9.17) is 0 Å². The lowest BCUT2D eigenvalue weighted by molar-refractivity contribution is -0.133. The highest BCUT2D eigenvalue weighted by atomic mass is 16.2. The van der Waals surface area contributed by atoms with Crippen molar-refractivity contribution >= 4 is 11.8 Å². The number of nitrogens with zero attached hydrogens (tertiary/aromatic N) is 1. The van der Waals surface area contributed by atoms with Gasteiger partial charge in [0.05, 0.1) is 6.04 Å². The summed E-state index contributed by atoms with van der Waals surface area (Å²) in [6.45, 7) is 7.50. The summed E-state index contributed by atoms with van der Waals surface area (Å²) in [6, 6.07) is 8.61. The summed E-state index contributed by atoms with van der Waals surface area (Å²) in [5.41, 5.74) is 2.56. The SMILES string of the molecule is CCc1ccc(C(C)CC(=O)N2CCCC(CNC(=O)C3CCCN3)C2)cc1. The number of carbonyl (C=O) groups excluding carboxylic acids is 2. The van der Waals surface area contributed by atoms with Gasteiger partial charge in [-0.25, -0.2) is 0 Å². The first kappa shape index (κ1) is 20.8. The maximum atomic E-state index is 12.8. The van der Waals surface area contributed by atoms with Gasteiger partial charge in [-0.1, -0.05) is 38.1 Å². The molecule has 2 heterocycles. The molecule has 1 aromatic rings. The Hall–Kier alpha value is -1.88. The van der Waals surface area contributed by atoms with Gasteiger partial charge in [0.1, 0.15) is 0 Å². The predicted octanol–water partition coefficient (Wildman–Crippen LogP) is 2.85. The molecular weight excluding hydrogens is 350 g/mol. The third-order valence-electron chi connectivity index (χ3n) is 6.25. The minimum Gasteiger partial charge on any atom is -0.354 e. The number of benzene rings is 1. The standard InChI is InChI=1S/C23H35N3O2/c1-3-18-8-10-20(11-9-18)17(2)14-22(27)26-13-5-6-19(16-26)15-25-23(28)21-7-4-12-24-21/h8-11,17,19,21,24H,3-7,12-16H2,1-2H3,(H,25,28). The van der Waals surface area contributed by atoms with Crippen molar-refractivity contribution < 1.29 is 9.59 Å². The van der Waals surface area contributed by atoms with Crippen LogP contribution in [0.4, 0.5) is 0 Å². The molecule has 154 valence electrons. The third kappa shape index (κ3) is 5.57. The molecule has 2 aliphatic heterocycles. The Morgan fingerprint density at radius 2 is 2.00 bits per heavy atom. The van der Waals surface area contributed by atoms with Crippen molar-refractivity contribution in [2.45, 2.75) is 64.3 Å². The topological polar surface area (TPSA) is 61.4 Å². The van der Waals surface area contributed by atoms with Gasteiger partial charge in [-0.3, -0.25) is 9.59 Å². The zero-order valence-corrected chi connectivity index (χ0v) is 17.4. The van der Waals surface area contributed by atoms with Crippen molar-refractivity contribution in [2.24, 2.45) is 5.92 Å². The van der Waals surface area contributed by atoms with Crippen LogP contribution < -0.4 is 10.6 Å². The lowest BCUT2D eigenvalue weighted by Crippen LogP contribution is -2.46. The molecule has 2 N–H and O–H groups in total. The van der Waals surface area contributed by atoms with Gasteiger partial charge in [0, 0.05) is 26.1 Å². The highest BCUT2D eigenvalue weighted by Crippen LogP contribution is 2.23. The summed E-state index contributed by atoms with van der Waals surface area (Å²) in [4.78, 5) is 27.0. The second-order valence-electron chi connectivity index (χ2n) is 8.44. The number of nitrogens with one attached hydrogen (secondary N) is 2. The highest BCUT2D eigenvalue weighted by Gasteiger charge is 2.27. The molecule has 0 aliphatic carbocycles. The first-order valence-electron chi connectivity index (χ1n) is 10.9. The maximum Gasteiger partial charge on any atom is 0.237 e. The van der Waals surface area contributed by atoms with Crippen LogP contribution >= 0.6 is 0 Å². The van der Waals surface area contributed by atoms with Crippen LogP contribution in [0.1, 0.15) is 63.0 Å². The number of hydrogen-bond acceptors (Lipinski definition) is 3. The molecule has 3 rings (SSSR count). The van der Waals surface area contributed by atoms with Crippen LogP contribution in [0, 0.1) is 5.92 Å². The zero-order chi connectivity index (χ0) is 19.9. The molecule has 0 spiro atoms. The van der Waals surface area contributed by atoms with Crippen molar-refractivity contribution in [2.75, 3.05) is 26.2 Å². The average Bonchev–Trinajstić information content (AvgIpc) is 3.27. The van der Waals surface area contributed by atoms with Crippen LogP contribution in [0.25, 0.3) is 0 Å². The van der Waals surface area contributed by atoms with Crippen molar-refractivity contribution in [1.29, 1.82) is 0 Å². The smallest absolute Gasteiger partial charge is 0.237 e. The van der Waals surface area contributed by atoms with E-state index < -0.39 is 0 Å². The van der Waals surface area contributed by atoms with E-state index in [9.17, 15) is 9.59 Å². The van der Waals surface area contributed by atoms with E-state index in [1.165, 1.54) is 11.1 Å². The molecule has 3 unspecified atom stereocenters. The maximum absolute atomic E-state index is 12.8. The second-order valence-corrected chi connectivity index (χ2v) is 8.44. The Morgan fingerprint density at radius 3 is 2.68 bits per heavy atom. The fourth-order valence-corrected chi connectivity index (χ4v) is 4.33. The summed E-state index contributed by atoms with van der Waals surface area (Å²) < 4.78 is 0. The third-order valence-corrected chi connectivity index (χ3v) is 6.25. The molecule has 2 amide bonds. The number of amides is 2. The molecule has 0 aromatic heterocycles. The van der Waals surface area contributed by atoms with E-state index in [2.05, 4.69) is 48.7 Å². The monoisotopic (exact) mass is 385 g/mol. The molecule has 2 saturated heterocycles. The molecule has 28 heavy (non-hydrogen) atoms. The van der Waals surface area contributed by atoms with Crippen LogP contribution in [0.3, 0.4) is 0 Å². The fraction of sp³-hybridized carbons (Fsp3) is 0.652. The number of aryl methyl sites for hydroxylation is 1. The van der Waals surface area contributed by atoms with Gasteiger partial charge in [0.25, 0.3) is 0 Å². The van der Waals surface area contributed by atoms with Crippen molar-refractivity contribution in [3.8, 4) is 0 Å². The van der Waals surface area contributed by atoms with Gasteiger partial charge in [0.15, 0.2) is 0 Å². The summed E-state index contributed by atoms with van der Waals surface area (Å²) in [5.74, 6) is 0.944. The Kier molecular flexibility index (Phi) is 7.49. The Bertz CT molecular complexity index is 652. The lowest BCUT2D eigenvalue weighted by atomic mass is 9.94. The Balaban J connectivity index is 1.45. The fourth-order valence-electron chi connectivity index (χ4n) is 4.33. The van der Waals surface area contributed by atoms with Crippen molar-refractivity contribution in [3.05, 3.63) is 35.4 Å². The molecule has 3 atom stereocenters. The molecule has 1 aromatic carbocycles. The lowest BCUT2D eigenvalue weighted by Gasteiger charge is -2.33. The Labute approximate surface area is 169 Å². The van der Waals surface area contributed by atoms with Gasteiger partial charge in [-0.05, 0) is 61.6 Å². The highest BCUT2D eigenvalue weighted by molar-refractivity contribution is 5.82. The van der Waals surface area contributed by atoms with E-state index in [0.717, 1.165) is 51.7 Å². The van der Waals surface area contributed by atoms with E-state index in [1.807, 2.05) is 4.90 Å². The predicted molar refractivity (Wildman–Crippen MR) is 112 cm³/mol. The minimum absolute atomic E-state index is 0.0266. The van der Waals surface area contributed by atoms with Gasteiger partial charge in [-0.2, -0.15) is 0 Å². The molecule has 0 bridgehead atoms. The molecule has 5 nitrogen and oxygen atoms in total. The van der Waals surface area contributed by atoms with Gasteiger partial charge >= 0.3 is 0 Å². The number of hydrogen-bond donors (Lipinski definition) is 2. The van der Waals surface area contributed by atoms with Crippen molar-refractivity contribution in [1.82, 2.24) is 15.5 Å². The molecule has 2 aliphatic rings. The average molecular weight is 386 g/mol. The number of rotatable bonds is 7. The Morgan fingerprint density at radius 1 is 1.21 bits per heavy atom. The van der Waals surface area contributed by atoms with E-state index in [1.54, 1.807) is 0 Å². The first-order chi connectivity index (χ1) is 13.6. The largest absolute Gasteiger partial charge is 0.354 e. The van der Waals surface area contributed by atoms with Crippen LogP contribution in [-0.4, -0.2) is 48.9 Å². The summed E-state index contributed by atoms with van der Waals surface area (Å²) in [5, 5.41) is 6.33. The first-order valence-corrected chi connectivity index (χ1v) is 10.9. The van der Waals surface area contributed by atoms with E-state index in [0.29, 0.717) is 18.9 Å². The van der Waals surface area contributed by atoms with E-state index in [-0.39, 0.29) is 23.8 Å². The quantitative estimate of drug-likeness (QED) is 0.759. The number of likely N-dealkylation sites (tertiary alicyclic amines) is 1. The summed E-state index contributed by atoms with van der Waals surface area (Å²) in [6.07, 6.45) is 5.69. The summed E-state index contributed by atoms with van der Waals surface area (Å²) in [7, 11) is 0. The normalized spacial score (nSPS) is 23.4. The van der Waals surface area contributed by atoms with Crippen molar-refractivity contribution in [3.63, 3.8) is 0 Å². The molecule has 5 heteroatoms. The van der Waals surface area contributed by atoms with Crippen LogP contribution in [-0.2, 0) is 16.0 Å². The number of carbonyl (C=O) groups is 2. The molecule has 0 saturated carbocycles. The molecule has 0 radical (unpaired) electrons. The number of piperidine rings is 1. The minimum atomic E-state index is -0.0266. The van der Waals surface area contributed by atoms with Crippen LogP contribution in [0.2, 0.25) is 0 Å². The van der Waals surface area contributed by atoms with Gasteiger partial charge < -0.3 is 15.5 Å². The van der Waals surface area contributed by atoms with E-state index >= 15 is 0 Å². The van der Waals surface area contributed by atoms with Gasteiger partial charge in [-0.15, -0.1) is 0 Å². The van der Waals surface area contributed by atoms with Crippen LogP contribution in [0.5, 0.6) is 0 Å². The zero-order valence-electron chi connectivity index (χ0n) is 17.4.